The summed E-state index contributed by atoms with van der Waals surface area (Å²) in [6, 6.07) is 18.0. The molecule has 3 aromatic rings. The van der Waals surface area contributed by atoms with E-state index in [0.717, 1.165) is 24.8 Å². The maximum atomic E-state index is 12.4. The standard InChI is InChI=1S/C21H20N2O3/c1-25-21(24)18-19(15-9-3-2-4-10-15)23-26-20(18)22-17-13-7-11-14-8-5-6-12-16(14)17/h2-6,8-10,12,17,22H,7,11,13H2,1H3/t17-/m0/s1. The highest BCUT2D eigenvalue weighted by atomic mass is 16.5. The van der Waals surface area contributed by atoms with Crippen LogP contribution in [0.4, 0.5) is 5.88 Å². The van der Waals surface area contributed by atoms with E-state index in [1.165, 1.54) is 18.2 Å². The molecule has 0 saturated heterocycles. The van der Waals surface area contributed by atoms with Gasteiger partial charge in [-0.1, -0.05) is 59.8 Å². The van der Waals surface area contributed by atoms with E-state index in [4.69, 9.17) is 9.26 Å². The molecule has 2 aromatic carbocycles. The Kier molecular flexibility index (Phi) is 4.44. The Morgan fingerprint density at radius 2 is 1.92 bits per heavy atom. The normalized spacial score (nSPS) is 16.0. The van der Waals surface area contributed by atoms with Crippen LogP contribution in [-0.4, -0.2) is 18.2 Å². The first-order valence-corrected chi connectivity index (χ1v) is 8.75. The molecule has 0 aliphatic heterocycles. The molecular weight excluding hydrogens is 328 g/mol. The number of aromatic nitrogens is 1. The number of rotatable bonds is 4. The fraction of sp³-hybridized carbons (Fsp3) is 0.238. The molecule has 1 N–H and O–H groups in total. The summed E-state index contributed by atoms with van der Waals surface area (Å²) in [5.74, 6) is -0.103. The van der Waals surface area contributed by atoms with E-state index in [1.807, 2.05) is 36.4 Å². The van der Waals surface area contributed by atoms with Crippen LogP contribution in [-0.2, 0) is 11.2 Å². The molecule has 0 amide bonds. The molecule has 1 aliphatic rings. The van der Waals surface area contributed by atoms with Crippen LogP contribution in [0, 0.1) is 0 Å². The highest BCUT2D eigenvalue weighted by Gasteiger charge is 2.28. The number of carbonyl (C=O) groups is 1. The van der Waals surface area contributed by atoms with Crippen molar-refractivity contribution in [3.63, 3.8) is 0 Å². The molecule has 1 aliphatic carbocycles. The number of anilines is 1. The summed E-state index contributed by atoms with van der Waals surface area (Å²) in [7, 11) is 1.36. The zero-order chi connectivity index (χ0) is 17.9. The quantitative estimate of drug-likeness (QED) is 0.697. The van der Waals surface area contributed by atoms with Crippen molar-refractivity contribution < 1.29 is 14.1 Å². The summed E-state index contributed by atoms with van der Waals surface area (Å²) in [5, 5.41) is 7.52. The Labute approximate surface area is 152 Å². The van der Waals surface area contributed by atoms with Gasteiger partial charge in [0.2, 0.25) is 5.88 Å². The van der Waals surface area contributed by atoms with Crippen LogP contribution in [0.2, 0.25) is 0 Å². The lowest BCUT2D eigenvalue weighted by Gasteiger charge is -2.26. The van der Waals surface area contributed by atoms with Crippen molar-refractivity contribution in [1.82, 2.24) is 5.16 Å². The third-order valence-electron chi connectivity index (χ3n) is 4.80. The van der Waals surface area contributed by atoms with Crippen LogP contribution >= 0.6 is 0 Å². The second-order valence-corrected chi connectivity index (χ2v) is 6.38. The first-order chi connectivity index (χ1) is 12.8. The number of esters is 1. The number of nitrogens with zero attached hydrogens (tertiary/aromatic N) is 1. The van der Waals surface area contributed by atoms with Crippen molar-refractivity contribution in [3.05, 3.63) is 71.3 Å². The summed E-state index contributed by atoms with van der Waals surface area (Å²) in [4.78, 5) is 12.4. The van der Waals surface area contributed by atoms with E-state index < -0.39 is 5.97 Å². The van der Waals surface area contributed by atoms with Crippen LogP contribution in [0.5, 0.6) is 0 Å². The lowest BCUT2D eigenvalue weighted by atomic mass is 9.87. The van der Waals surface area contributed by atoms with E-state index in [-0.39, 0.29) is 6.04 Å². The molecule has 0 saturated carbocycles. The first kappa shape index (κ1) is 16.4. The number of hydrogen-bond acceptors (Lipinski definition) is 5. The zero-order valence-electron chi connectivity index (χ0n) is 14.6. The van der Waals surface area contributed by atoms with Crippen LogP contribution in [0.25, 0.3) is 11.3 Å². The molecule has 0 unspecified atom stereocenters. The van der Waals surface area contributed by atoms with E-state index in [9.17, 15) is 4.79 Å². The molecule has 26 heavy (non-hydrogen) atoms. The second-order valence-electron chi connectivity index (χ2n) is 6.38. The molecule has 132 valence electrons. The van der Waals surface area contributed by atoms with Crippen molar-refractivity contribution in [1.29, 1.82) is 0 Å². The van der Waals surface area contributed by atoms with Gasteiger partial charge in [-0.3, -0.25) is 0 Å². The zero-order valence-corrected chi connectivity index (χ0v) is 14.6. The van der Waals surface area contributed by atoms with Crippen molar-refractivity contribution in [2.75, 3.05) is 12.4 Å². The van der Waals surface area contributed by atoms with Gasteiger partial charge in [0.05, 0.1) is 13.2 Å². The van der Waals surface area contributed by atoms with Crippen LogP contribution in [0.15, 0.2) is 59.1 Å². The summed E-state index contributed by atoms with van der Waals surface area (Å²) in [6.45, 7) is 0. The first-order valence-electron chi connectivity index (χ1n) is 8.75. The molecule has 1 aromatic heterocycles. The van der Waals surface area contributed by atoms with Crippen LogP contribution < -0.4 is 5.32 Å². The third kappa shape index (κ3) is 2.96. The van der Waals surface area contributed by atoms with E-state index in [1.54, 1.807) is 0 Å². The maximum absolute atomic E-state index is 12.4. The lowest BCUT2D eigenvalue weighted by Crippen LogP contribution is -2.18. The highest BCUT2D eigenvalue weighted by molar-refractivity contribution is 6.00. The Morgan fingerprint density at radius 1 is 1.15 bits per heavy atom. The fourth-order valence-electron chi connectivity index (χ4n) is 3.54. The number of aryl methyl sites for hydroxylation is 1. The topological polar surface area (TPSA) is 64.4 Å². The fourth-order valence-corrected chi connectivity index (χ4v) is 3.54. The highest BCUT2D eigenvalue weighted by Crippen LogP contribution is 2.36. The van der Waals surface area contributed by atoms with Gasteiger partial charge < -0.3 is 14.6 Å². The third-order valence-corrected chi connectivity index (χ3v) is 4.80. The smallest absolute Gasteiger partial charge is 0.345 e. The predicted molar refractivity (Wildman–Crippen MR) is 99.0 cm³/mol. The van der Waals surface area contributed by atoms with Gasteiger partial charge in [0.1, 0.15) is 5.69 Å². The van der Waals surface area contributed by atoms with Gasteiger partial charge in [-0.15, -0.1) is 0 Å². The molecule has 4 rings (SSSR count). The van der Waals surface area contributed by atoms with E-state index in [0.29, 0.717) is 17.1 Å². The second kappa shape index (κ2) is 7.04. The van der Waals surface area contributed by atoms with Gasteiger partial charge in [0.25, 0.3) is 0 Å². The van der Waals surface area contributed by atoms with Gasteiger partial charge in [0, 0.05) is 5.56 Å². The van der Waals surface area contributed by atoms with E-state index >= 15 is 0 Å². The summed E-state index contributed by atoms with van der Waals surface area (Å²) >= 11 is 0. The van der Waals surface area contributed by atoms with Gasteiger partial charge in [-0.25, -0.2) is 4.79 Å². The van der Waals surface area contributed by atoms with Gasteiger partial charge in [-0.05, 0) is 30.4 Å². The number of hydrogen-bond donors (Lipinski definition) is 1. The number of ether oxygens (including phenoxy) is 1. The van der Waals surface area contributed by atoms with Gasteiger partial charge in [-0.2, -0.15) is 0 Å². The minimum absolute atomic E-state index is 0.0833. The Morgan fingerprint density at radius 3 is 2.73 bits per heavy atom. The summed E-state index contributed by atoms with van der Waals surface area (Å²) < 4.78 is 10.5. The molecule has 1 atom stereocenters. The molecule has 5 nitrogen and oxygen atoms in total. The molecule has 0 bridgehead atoms. The van der Waals surface area contributed by atoms with Crippen molar-refractivity contribution in [2.24, 2.45) is 0 Å². The lowest BCUT2D eigenvalue weighted by molar-refractivity contribution is 0.0602. The SMILES string of the molecule is COC(=O)c1c(-c2ccccc2)noc1N[C@H]1CCCc2ccccc21. The number of nitrogens with one attached hydrogen (secondary N) is 1. The van der Waals surface area contributed by atoms with Crippen LogP contribution in [0.1, 0.15) is 40.4 Å². The number of carbonyl (C=O) groups excluding carboxylic acids is 1. The minimum atomic E-state index is -0.461. The Hall–Kier alpha value is -3.08. The van der Waals surface area contributed by atoms with Gasteiger partial charge >= 0.3 is 5.97 Å². The average Bonchev–Trinajstić information content (AvgIpc) is 3.12. The van der Waals surface area contributed by atoms with Crippen LogP contribution in [0.3, 0.4) is 0 Å². The Balaban J connectivity index is 1.72. The van der Waals surface area contributed by atoms with E-state index in [2.05, 4.69) is 28.7 Å². The molecule has 0 radical (unpaired) electrons. The molecule has 1 heterocycles. The number of benzene rings is 2. The minimum Gasteiger partial charge on any atom is -0.465 e. The van der Waals surface area contributed by atoms with Crippen molar-refractivity contribution in [2.45, 2.75) is 25.3 Å². The summed E-state index contributed by atoms with van der Waals surface area (Å²) in [5.41, 5.74) is 4.21. The van der Waals surface area contributed by atoms with Crippen molar-refractivity contribution in [3.8, 4) is 11.3 Å². The number of fused-ring (bicyclic) bond motifs is 1. The average molecular weight is 348 g/mol. The largest absolute Gasteiger partial charge is 0.465 e. The maximum Gasteiger partial charge on any atom is 0.345 e. The molecule has 5 heteroatoms. The monoisotopic (exact) mass is 348 g/mol. The molecule has 0 spiro atoms. The predicted octanol–water partition coefficient (Wildman–Crippen LogP) is 4.62. The number of methoxy groups -OCH3 is 1. The van der Waals surface area contributed by atoms with Gasteiger partial charge in [0.15, 0.2) is 5.56 Å². The Bertz CT molecular complexity index is 918. The molecular formula is C21H20N2O3. The molecule has 0 fully saturated rings. The van der Waals surface area contributed by atoms with Crippen molar-refractivity contribution >= 4 is 11.9 Å². The summed E-state index contributed by atoms with van der Waals surface area (Å²) in [6.07, 6.45) is 3.13.